The molecule has 1 N–H and O–H groups in total. The van der Waals surface area contributed by atoms with E-state index < -0.39 is 5.97 Å². The van der Waals surface area contributed by atoms with Crippen LogP contribution in [0.25, 0.3) is 0 Å². The zero-order chi connectivity index (χ0) is 4.28. The second-order valence-corrected chi connectivity index (χ2v) is 1.09. The Morgan fingerprint density at radius 3 is 2.20 bits per heavy atom. The number of rotatable bonds is 1. The van der Waals surface area contributed by atoms with Crippen molar-refractivity contribution in [1.29, 1.82) is 0 Å². The van der Waals surface area contributed by atoms with Gasteiger partial charge in [0.2, 0.25) is 0 Å². The van der Waals surface area contributed by atoms with E-state index in [2.05, 4.69) is 15.9 Å². The summed E-state index contributed by atoms with van der Waals surface area (Å²) in [5.41, 5.74) is 0. The molecule has 0 fully saturated rings. The summed E-state index contributed by atoms with van der Waals surface area (Å²) < 4.78 is 0. The molecule has 0 saturated heterocycles. The van der Waals surface area contributed by atoms with E-state index in [0.717, 1.165) is 0 Å². The lowest BCUT2D eigenvalue weighted by atomic mass is 11.3. The molecule has 3 heteroatoms. The van der Waals surface area contributed by atoms with Gasteiger partial charge >= 0.3 is 5.97 Å². The molecular weight excluding hydrogens is 141 g/mol. The lowest BCUT2D eigenvalue weighted by Gasteiger charge is -1.70. The van der Waals surface area contributed by atoms with Gasteiger partial charge in [0.05, 0.1) is 0 Å². The summed E-state index contributed by atoms with van der Waals surface area (Å²) in [5.74, 6) is -0.829. The summed E-state index contributed by atoms with van der Waals surface area (Å²) in [5, 5.41) is 7.71. The molecule has 0 heterocycles. The Morgan fingerprint density at radius 1 is 2.00 bits per heavy atom. The number of alkyl halides is 1. The van der Waals surface area contributed by atoms with E-state index >= 15 is 0 Å². The standard InChI is InChI=1S/C2H3BrO2/c3-1-2(4)5/h1H2,(H,4,5)/i2+1,4+2,5+2. The Labute approximate surface area is 37.9 Å². The van der Waals surface area contributed by atoms with Crippen LogP contribution in [0, 0.1) is 0 Å². The molecule has 0 amide bonds. The molecule has 0 aliphatic rings. The number of aliphatic carboxylic acids is 1. The minimum Gasteiger partial charge on any atom is -0.481 e. The Morgan fingerprint density at radius 2 is 2.20 bits per heavy atom. The van der Waals surface area contributed by atoms with E-state index in [4.69, 9.17) is 5.11 Å². The lowest BCUT2D eigenvalue weighted by Crippen LogP contribution is -1.92. The summed E-state index contributed by atoms with van der Waals surface area (Å²) in [6.45, 7) is 0. The van der Waals surface area contributed by atoms with Crippen molar-refractivity contribution in [2.45, 2.75) is 0 Å². The first kappa shape index (κ1) is 4.95. The summed E-state index contributed by atoms with van der Waals surface area (Å²) in [4.78, 5) is 9.32. The first-order chi connectivity index (χ1) is 2.27. The normalized spacial score (nSPS) is 7.40. The van der Waals surface area contributed by atoms with Crippen LogP contribution in [0.2, 0.25) is 0 Å². The van der Waals surface area contributed by atoms with Crippen molar-refractivity contribution in [3.8, 4) is 0 Å². The summed E-state index contributed by atoms with van der Waals surface area (Å²) in [6.07, 6.45) is 0. The zero-order valence-corrected chi connectivity index (χ0v) is 4.03. The number of carboxylic acids is 1. The van der Waals surface area contributed by atoms with Crippen molar-refractivity contribution in [3.63, 3.8) is 0 Å². The average Bonchev–Trinajstić information content (AvgIpc) is 1.38. The van der Waals surface area contributed by atoms with Gasteiger partial charge in [0.25, 0.3) is 0 Å². The van der Waals surface area contributed by atoms with Crippen molar-refractivity contribution in [3.05, 3.63) is 0 Å². The molecule has 0 atom stereocenters. The molecule has 0 radical (unpaired) electrons. The zero-order valence-electron chi connectivity index (χ0n) is 2.44. The van der Waals surface area contributed by atoms with Crippen molar-refractivity contribution < 1.29 is 9.90 Å². The van der Waals surface area contributed by atoms with Crippen molar-refractivity contribution >= 4 is 21.9 Å². The van der Waals surface area contributed by atoms with Crippen LogP contribution in [0.3, 0.4) is 0 Å². The second-order valence-electron chi connectivity index (χ2n) is 0.527. The van der Waals surface area contributed by atoms with Gasteiger partial charge in [-0.15, -0.1) is 0 Å². The molecule has 30 valence electrons. The van der Waals surface area contributed by atoms with Crippen LogP contribution in [-0.4, -0.2) is 16.4 Å². The largest absolute Gasteiger partial charge is 0.481 e. The predicted octanol–water partition coefficient (Wildman–Crippen LogP) is 0.466. The van der Waals surface area contributed by atoms with Gasteiger partial charge in [0.15, 0.2) is 0 Å². The van der Waals surface area contributed by atoms with Crippen LogP contribution < -0.4 is 0 Å². The summed E-state index contributed by atoms with van der Waals surface area (Å²) >= 11 is 2.71. The third-order valence-corrected chi connectivity index (χ3v) is 0.594. The molecule has 0 aromatic rings. The van der Waals surface area contributed by atoms with Gasteiger partial charge in [-0.2, -0.15) is 0 Å². The molecule has 2 nitrogen and oxygen atoms in total. The van der Waals surface area contributed by atoms with Gasteiger partial charge in [-0.3, -0.25) is 4.79 Å². The SMILES string of the molecule is [18O]=[13C]([18OH])CBr. The van der Waals surface area contributed by atoms with Crippen molar-refractivity contribution in [2.24, 2.45) is 0 Å². The highest BCUT2D eigenvalue weighted by Gasteiger charge is 1.83. The number of carbonyl (C=O) groups is 1. The fourth-order valence-corrected chi connectivity index (χ4v) is 0. The fraction of sp³-hybridized carbons (Fsp3) is 0.500. The van der Waals surface area contributed by atoms with E-state index in [1.54, 1.807) is 0 Å². The highest BCUT2D eigenvalue weighted by molar-refractivity contribution is 9.09. The molecule has 0 aliphatic heterocycles. The minimum absolute atomic E-state index is 0.0347. The molecule has 0 spiro atoms. The predicted molar refractivity (Wildman–Crippen MR) is 21.4 cm³/mol. The van der Waals surface area contributed by atoms with Crippen LogP contribution in [-0.2, 0) is 4.79 Å². The third-order valence-electron chi connectivity index (χ3n) is 0.114. The Kier molecular flexibility index (Phi) is 2.18. The average molecular weight is 144 g/mol. The third kappa shape index (κ3) is 3.95. The van der Waals surface area contributed by atoms with E-state index in [-0.39, 0.29) is 5.33 Å². The Balaban J connectivity index is 2.85. The molecule has 5 heavy (non-hydrogen) atoms. The van der Waals surface area contributed by atoms with E-state index in [9.17, 15) is 4.79 Å². The maximum Gasteiger partial charge on any atom is 0.314 e. The van der Waals surface area contributed by atoms with Gasteiger partial charge in [-0.05, 0) is 0 Å². The van der Waals surface area contributed by atoms with Gasteiger partial charge in [-0.1, -0.05) is 15.9 Å². The first-order valence-corrected chi connectivity index (χ1v) is 2.17. The molecule has 0 aliphatic carbocycles. The van der Waals surface area contributed by atoms with Crippen LogP contribution in [0.5, 0.6) is 0 Å². The quantitative estimate of drug-likeness (QED) is 0.330. The molecule has 0 aromatic heterocycles. The summed E-state index contributed by atoms with van der Waals surface area (Å²) in [7, 11) is 0. The molecule has 0 aromatic carbocycles. The highest BCUT2D eigenvalue weighted by atomic mass is 79.9. The number of hydrogen-bond acceptors (Lipinski definition) is 1. The Bertz CT molecular complexity index is 42.9. The van der Waals surface area contributed by atoms with E-state index in [0.29, 0.717) is 0 Å². The molecule has 0 bridgehead atoms. The van der Waals surface area contributed by atoms with Crippen LogP contribution in [0.15, 0.2) is 0 Å². The maximum atomic E-state index is 9.32. The maximum absolute atomic E-state index is 9.32. The van der Waals surface area contributed by atoms with Gasteiger partial charge in [-0.25, -0.2) is 0 Å². The van der Waals surface area contributed by atoms with E-state index in [1.165, 1.54) is 0 Å². The van der Waals surface area contributed by atoms with Gasteiger partial charge < -0.3 is 5.11 Å². The van der Waals surface area contributed by atoms with Crippen molar-refractivity contribution in [1.82, 2.24) is 0 Å². The molecular formula is C2H3BrO2. The first-order valence-electron chi connectivity index (χ1n) is 1.05. The van der Waals surface area contributed by atoms with Crippen LogP contribution in [0.1, 0.15) is 0 Å². The lowest BCUT2D eigenvalue weighted by molar-refractivity contribution is -0.133. The minimum atomic E-state index is -0.829. The molecule has 0 unspecified atom stereocenters. The number of carboxylic acid groups (broad SMARTS) is 1. The van der Waals surface area contributed by atoms with Crippen LogP contribution >= 0.6 is 15.9 Å². The van der Waals surface area contributed by atoms with Crippen molar-refractivity contribution in [2.75, 3.05) is 5.33 Å². The number of halogens is 1. The number of hydrogen-bond donors (Lipinski definition) is 1. The van der Waals surface area contributed by atoms with E-state index in [1.807, 2.05) is 0 Å². The monoisotopic (exact) mass is 143 g/mol. The van der Waals surface area contributed by atoms with Gasteiger partial charge in [0, 0.05) is 0 Å². The Hall–Kier alpha value is -0.0500. The molecule has 0 rings (SSSR count). The fourth-order valence-electron chi connectivity index (χ4n) is 0. The topological polar surface area (TPSA) is 37.3 Å². The van der Waals surface area contributed by atoms with Gasteiger partial charge in [0.1, 0.15) is 5.33 Å². The summed E-state index contributed by atoms with van der Waals surface area (Å²) in [6, 6.07) is 0. The second kappa shape index (κ2) is 2.20. The van der Waals surface area contributed by atoms with Crippen LogP contribution in [0.4, 0.5) is 0 Å². The highest BCUT2D eigenvalue weighted by Crippen LogP contribution is 1.73. The smallest absolute Gasteiger partial charge is 0.314 e. The molecule has 0 saturated carbocycles.